The first kappa shape index (κ1) is 19.2. The lowest BCUT2D eigenvalue weighted by molar-refractivity contribution is 0.102. The molecule has 9 heteroatoms. The molecule has 4 rings (SSSR count). The second-order valence-electron chi connectivity index (χ2n) is 6.39. The minimum Gasteiger partial charge on any atom is -0.340 e. The third-order valence-electron chi connectivity index (χ3n) is 4.16. The van der Waals surface area contributed by atoms with E-state index < -0.39 is 17.5 Å². The van der Waals surface area contributed by atoms with Crippen LogP contribution in [0.2, 0.25) is 0 Å². The number of halogens is 2. The molecule has 0 aliphatic carbocycles. The van der Waals surface area contributed by atoms with Gasteiger partial charge in [0.2, 0.25) is 0 Å². The molecule has 4 aromatic rings. The first-order valence-electron chi connectivity index (χ1n) is 8.97. The minimum atomic E-state index is -1.07. The molecule has 7 nitrogen and oxygen atoms in total. The van der Waals surface area contributed by atoms with Crippen molar-refractivity contribution in [3.8, 4) is 5.82 Å². The van der Waals surface area contributed by atoms with Gasteiger partial charge in [-0.05, 0) is 55.5 Å². The highest BCUT2D eigenvalue weighted by atomic mass is 19.2. The number of carbonyl (C=O) groups excluding carboxylic acids is 1. The van der Waals surface area contributed by atoms with Crippen LogP contribution < -0.4 is 10.6 Å². The number of benzene rings is 2. The summed E-state index contributed by atoms with van der Waals surface area (Å²) in [6, 6.07) is 13.4. The maximum absolute atomic E-state index is 13.3. The highest BCUT2D eigenvalue weighted by Crippen LogP contribution is 2.20. The average Bonchev–Trinajstić information content (AvgIpc) is 3.26. The van der Waals surface area contributed by atoms with Crippen molar-refractivity contribution in [2.24, 2.45) is 0 Å². The Morgan fingerprint density at radius 2 is 1.73 bits per heavy atom. The van der Waals surface area contributed by atoms with Gasteiger partial charge >= 0.3 is 0 Å². The van der Waals surface area contributed by atoms with Gasteiger partial charge in [0, 0.05) is 35.4 Å². The molecular weight excluding hydrogens is 390 g/mol. The number of hydrogen-bond donors (Lipinski definition) is 2. The zero-order valence-corrected chi connectivity index (χ0v) is 15.8. The standard InChI is InChI=1S/C21H16F2N6O/c1-13-25-19(12-20(26-13)29-10-2-9-24-29)27-15-4-6-16(7-5-15)28-21(30)14-3-8-17(22)18(23)11-14/h2-12H,1H3,(H,28,30)(H,25,26,27). The van der Waals surface area contributed by atoms with Crippen LogP contribution in [0.3, 0.4) is 0 Å². The summed E-state index contributed by atoms with van der Waals surface area (Å²) in [5.41, 5.74) is 1.27. The molecule has 0 saturated heterocycles. The van der Waals surface area contributed by atoms with E-state index in [2.05, 4.69) is 25.7 Å². The summed E-state index contributed by atoms with van der Waals surface area (Å²) in [7, 11) is 0. The average molecular weight is 406 g/mol. The fraction of sp³-hybridized carbons (Fsp3) is 0.0476. The molecule has 0 bridgehead atoms. The lowest BCUT2D eigenvalue weighted by Gasteiger charge is -2.10. The van der Waals surface area contributed by atoms with Gasteiger partial charge in [0.1, 0.15) is 11.6 Å². The molecule has 0 aliphatic rings. The molecule has 1 amide bonds. The van der Waals surface area contributed by atoms with Crippen LogP contribution in [0.5, 0.6) is 0 Å². The van der Waals surface area contributed by atoms with Crippen LogP contribution in [0.4, 0.5) is 26.0 Å². The van der Waals surface area contributed by atoms with Crippen molar-refractivity contribution in [3.63, 3.8) is 0 Å². The van der Waals surface area contributed by atoms with Crippen molar-refractivity contribution >= 4 is 23.1 Å². The van der Waals surface area contributed by atoms with Crippen molar-refractivity contribution in [1.29, 1.82) is 0 Å². The van der Waals surface area contributed by atoms with Crippen LogP contribution in [0.1, 0.15) is 16.2 Å². The Labute approximate surface area is 170 Å². The molecule has 0 unspecified atom stereocenters. The summed E-state index contributed by atoms with van der Waals surface area (Å²) >= 11 is 0. The van der Waals surface area contributed by atoms with E-state index in [0.717, 1.165) is 17.8 Å². The Hall–Kier alpha value is -4.14. The predicted molar refractivity (Wildman–Crippen MR) is 108 cm³/mol. The van der Waals surface area contributed by atoms with Gasteiger partial charge in [-0.25, -0.2) is 23.4 Å². The molecule has 0 spiro atoms. The van der Waals surface area contributed by atoms with Gasteiger partial charge in [0.15, 0.2) is 17.5 Å². The van der Waals surface area contributed by atoms with E-state index in [1.54, 1.807) is 60.4 Å². The number of rotatable bonds is 5. The molecule has 30 heavy (non-hydrogen) atoms. The quantitative estimate of drug-likeness (QED) is 0.518. The van der Waals surface area contributed by atoms with Crippen LogP contribution in [-0.4, -0.2) is 25.7 Å². The number of hydrogen-bond acceptors (Lipinski definition) is 5. The maximum atomic E-state index is 13.3. The number of aryl methyl sites for hydroxylation is 1. The molecule has 2 aromatic heterocycles. The maximum Gasteiger partial charge on any atom is 0.255 e. The predicted octanol–water partition coefficient (Wildman–Crippen LogP) is 4.24. The van der Waals surface area contributed by atoms with Crippen LogP contribution in [-0.2, 0) is 0 Å². The molecule has 0 fully saturated rings. The van der Waals surface area contributed by atoms with Crippen LogP contribution in [0.15, 0.2) is 67.0 Å². The Morgan fingerprint density at radius 3 is 2.43 bits per heavy atom. The Balaban J connectivity index is 1.46. The summed E-state index contributed by atoms with van der Waals surface area (Å²) in [4.78, 5) is 20.9. The molecule has 2 N–H and O–H groups in total. The molecule has 150 valence electrons. The van der Waals surface area contributed by atoms with Crippen molar-refractivity contribution in [2.45, 2.75) is 6.92 Å². The van der Waals surface area contributed by atoms with E-state index in [9.17, 15) is 13.6 Å². The first-order valence-corrected chi connectivity index (χ1v) is 8.97. The van der Waals surface area contributed by atoms with Gasteiger partial charge < -0.3 is 10.6 Å². The van der Waals surface area contributed by atoms with E-state index in [4.69, 9.17) is 0 Å². The zero-order valence-electron chi connectivity index (χ0n) is 15.8. The van der Waals surface area contributed by atoms with Gasteiger partial charge in [-0.2, -0.15) is 5.10 Å². The minimum absolute atomic E-state index is 0.0266. The van der Waals surface area contributed by atoms with E-state index >= 15 is 0 Å². The molecule has 0 atom stereocenters. The summed E-state index contributed by atoms with van der Waals surface area (Å²) in [6.45, 7) is 1.79. The fourth-order valence-electron chi connectivity index (χ4n) is 2.76. The van der Waals surface area contributed by atoms with E-state index in [-0.39, 0.29) is 5.56 Å². The van der Waals surface area contributed by atoms with Crippen molar-refractivity contribution in [1.82, 2.24) is 19.7 Å². The third-order valence-corrected chi connectivity index (χ3v) is 4.16. The number of nitrogens with zero attached hydrogens (tertiary/aromatic N) is 4. The zero-order chi connectivity index (χ0) is 21.1. The lowest BCUT2D eigenvalue weighted by Crippen LogP contribution is -2.12. The summed E-state index contributed by atoms with van der Waals surface area (Å²) in [5, 5.41) is 9.98. The van der Waals surface area contributed by atoms with Crippen LogP contribution in [0, 0.1) is 18.6 Å². The second kappa shape index (κ2) is 8.08. The van der Waals surface area contributed by atoms with E-state index in [1.807, 2.05) is 0 Å². The van der Waals surface area contributed by atoms with Crippen molar-refractivity contribution < 1.29 is 13.6 Å². The van der Waals surface area contributed by atoms with Crippen molar-refractivity contribution in [2.75, 3.05) is 10.6 Å². The third kappa shape index (κ3) is 4.30. The number of anilines is 3. The highest BCUT2D eigenvalue weighted by molar-refractivity contribution is 6.04. The number of amides is 1. The second-order valence-corrected chi connectivity index (χ2v) is 6.39. The monoisotopic (exact) mass is 406 g/mol. The van der Waals surface area contributed by atoms with Gasteiger partial charge in [-0.1, -0.05) is 0 Å². The molecule has 0 radical (unpaired) electrons. The number of nitrogens with one attached hydrogen (secondary N) is 2. The Bertz CT molecular complexity index is 1190. The summed E-state index contributed by atoms with van der Waals surface area (Å²) < 4.78 is 28.0. The lowest BCUT2D eigenvalue weighted by atomic mass is 10.2. The molecular formula is C21H16F2N6O. The fourth-order valence-corrected chi connectivity index (χ4v) is 2.76. The van der Waals surface area contributed by atoms with Crippen LogP contribution in [0.25, 0.3) is 5.82 Å². The largest absolute Gasteiger partial charge is 0.340 e. The van der Waals surface area contributed by atoms with E-state index in [1.165, 1.54) is 6.07 Å². The Morgan fingerprint density at radius 1 is 0.967 bits per heavy atom. The SMILES string of the molecule is Cc1nc(Nc2ccc(NC(=O)c3ccc(F)c(F)c3)cc2)cc(-n2cccn2)n1. The summed E-state index contributed by atoms with van der Waals surface area (Å²) in [6.07, 6.45) is 3.45. The summed E-state index contributed by atoms with van der Waals surface area (Å²) in [5.74, 6) is -0.808. The van der Waals surface area contributed by atoms with Crippen LogP contribution >= 0.6 is 0 Å². The van der Waals surface area contributed by atoms with Crippen molar-refractivity contribution in [3.05, 3.63) is 90.0 Å². The topological polar surface area (TPSA) is 84.7 Å². The molecule has 0 saturated carbocycles. The smallest absolute Gasteiger partial charge is 0.255 e. The molecule has 2 aromatic carbocycles. The van der Waals surface area contributed by atoms with Gasteiger partial charge in [-0.3, -0.25) is 4.79 Å². The molecule has 2 heterocycles. The highest BCUT2D eigenvalue weighted by Gasteiger charge is 2.10. The number of carbonyl (C=O) groups is 1. The Kier molecular flexibility index (Phi) is 5.17. The molecule has 0 aliphatic heterocycles. The first-order chi connectivity index (χ1) is 14.5. The van der Waals surface area contributed by atoms with Gasteiger partial charge in [0.25, 0.3) is 5.91 Å². The van der Waals surface area contributed by atoms with Gasteiger partial charge in [0.05, 0.1) is 0 Å². The number of aromatic nitrogens is 4. The van der Waals surface area contributed by atoms with E-state index in [0.29, 0.717) is 23.1 Å². The normalized spacial score (nSPS) is 10.6. The van der Waals surface area contributed by atoms with Gasteiger partial charge in [-0.15, -0.1) is 0 Å².